The maximum absolute atomic E-state index is 13.2. The third kappa shape index (κ3) is 6.07. The van der Waals surface area contributed by atoms with Gasteiger partial charge in [-0.05, 0) is 66.1 Å². The Morgan fingerprint density at radius 3 is 2.28 bits per heavy atom. The molecule has 3 aromatic rings. The van der Waals surface area contributed by atoms with Gasteiger partial charge in [-0.15, -0.1) is 0 Å². The van der Waals surface area contributed by atoms with E-state index in [1.54, 1.807) is 18.2 Å². The molecule has 1 heterocycles. The Balaban J connectivity index is 1.51. The number of aliphatic carboxylic acids is 1. The molecule has 1 aliphatic rings. The van der Waals surface area contributed by atoms with Gasteiger partial charge in [0, 0.05) is 29.4 Å². The molecule has 0 spiro atoms. The summed E-state index contributed by atoms with van der Waals surface area (Å²) in [7, 11) is 0. The number of carbonyl (C=O) groups is 2. The van der Waals surface area contributed by atoms with Crippen LogP contribution in [0.5, 0.6) is 5.75 Å². The van der Waals surface area contributed by atoms with Crippen LogP contribution in [-0.4, -0.2) is 34.0 Å². The Kier molecular flexibility index (Phi) is 7.13. The Morgan fingerprint density at radius 1 is 1.03 bits per heavy atom. The molecule has 5 nitrogen and oxygen atoms in total. The van der Waals surface area contributed by atoms with Crippen LogP contribution >= 0.6 is 15.9 Å². The van der Waals surface area contributed by atoms with E-state index >= 15 is 0 Å². The van der Waals surface area contributed by atoms with Gasteiger partial charge >= 0.3 is 12.1 Å². The number of hydrogen-bond acceptors (Lipinski definition) is 3. The van der Waals surface area contributed by atoms with E-state index in [1.807, 2.05) is 31.2 Å². The van der Waals surface area contributed by atoms with E-state index in [4.69, 9.17) is 4.74 Å². The highest BCUT2D eigenvalue weighted by molar-refractivity contribution is 9.10. The van der Waals surface area contributed by atoms with Crippen molar-refractivity contribution in [1.29, 1.82) is 0 Å². The van der Waals surface area contributed by atoms with Gasteiger partial charge in [0.05, 0.1) is 5.56 Å². The first-order chi connectivity index (χ1) is 16.9. The molecule has 0 aliphatic carbocycles. The highest BCUT2D eigenvalue weighted by atomic mass is 79.9. The zero-order valence-electron chi connectivity index (χ0n) is 19.3. The number of amides is 1. The van der Waals surface area contributed by atoms with Gasteiger partial charge in [0.15, 0.2) is 0 Å². The summed E-state index contributed by atoms with van der Waals surface area (Å²) < 4.78 is 45.7. The van der Waals surface area contributed by atoms with Crippen LogP contribution in [0.3, 0.4) is 0 Å². The lowest BCUT2D eigenvalue weighted by Gasteiger charge is -2.24. The smallest absolute Gasteiger partial charge is 0.416 e. The van der Waals surface area contributed by atoms with Gasteiger partial charge in [0.25, 0.3) is 5.91 Å². The van der Waals surface area contributed by atoms with Crippen LogP contribution in [0.15, 0.2) is 71.2 Å². The van der Waals surface area contributed by atoms with Crippen molar-refractivity contribution in [1.82, 2.24) is 4.90 Å². The minimum absolute atomic E-state index is 0.141. The zero-order valence-corrected chi connectivity index (χ0v) is 20.9. The molecule has 0 saturated heterocycles. The summed E-state index contributed by atoms with van der Waals surface area (Å²) in [6.07, 6.45) is -3.25. The summed E-state index contributed by atoms with van der Waals surface area (Å²) in [6, 6.07) is 17.3. The fraction of sp³-hybridized carbons (Fsp3) is 0.259. The minimum Gasteiger partial charge on any atom is -0.487 e. The van der Waals surface area contributed by atoms with E-state index in [0.717, 1.165) is 32.6 Å². The van der Waals surface area contributed by atoms with E-state index in [-0.39, 0.29) is 6.54 Å². The van der Waals surface area contributed by atoms with E-state index in [1.165, 1.54) is 12.1 Å². The number of alkyl halides is 3. The molecule has 0 fully saturated rings. The van der Waals surface area contributed by atoms with Crippen molar-refractivity contribution in [3.8, 4) is 5.75 Å². The summed E-state index contributed by atoms with van der Waals surface area (Å²) in [5, 5.41) is 9.32. The predicted molar refractivity (Wildman–Crippen MR) is 131 cm³/mol. The molecule has 4 rings (SSSR count). The lowest BCUT2D eigenvalue weighted by Crippen LogP contribution is -2.35. The first-order valence-corrected chi connectivity index (χ1v) is 11.9. The molecule has 3 aromatic carbocycles. The van der Waals surface area contributed by atoms with Crippen LogP contribution in [-0.2, 0) is 30.4 Å². The predicted octanol–water partition coefficient (Wildman–Crippen LogP) is 6.13. The molecule has 0 saturated carbocycles. The van der Waals surface area contributed by atoms with Crippen LogP contribution in [0, 0.1) is 0 Å². The minimum atomic E-state index is -4.48. The number of hydrogen-bond donors (Lipinski definition) is 1. The van der Waals surface area contributed by atoms with Crippen LogP contribution in [0.4, 0.5) is 13.2 Å². The monoisotopic (exact) mass is 561 g/mol. The fourth-order valence-electron chi connectivity index (χ4n) is 4.35. The van der Waals surface area contributed by atoms with Crippen LogP contribution in [0.2, 0.25) is 0 Å². The lowest BCUT2D eigenvalue weighted by atomic mass is 9.91. The summed E-state index contributed by atoms with van der Waals surface area (Å²) in [5.41, 5.74) is 1.31. The van der Waals surface area contributed by atoms with E-state index in [2.05, 4.69) is 15.9 Å². The van der Waals surface area contributed by atoms with Gasteiger partial charge in [0.1, 0.15) is 17.9 Å². The number of fused-ring (bicyclic) bond motifs is 1. The van der Waals surface area contributed by atoms with E-state index < -0.39 is 35.8 Å². The van der Waals surface area contributed by atoms with Gasteiger partial charge in [-0.25, -0.2) is 0 Å². The van der Waals surface area contributed by atoms with E-state index in [0.29, 0.717) is 29.7 Å². The summed E-state index contributed by atoms with van der Waals surface area (Å²) in [6.45, 7) is 1.27. The number of rotatable bonds is 7. The molecular formula is C27H23BrF3NO4. The van der Waals surface area contributed by atoms with Gasteiger partial charge in [-0.3, -0.25) is 9.59 Å². The molecular weight excluding hydrogens is 539 g/mol. The van der Waals surface area contributed by atoms with Crippen molar-refractivity contribution in [2.24, 2.45) is 0 Å². The second-order valence-corrected chi connectivity index (χ2v) is 10.0. The van der Waals surface area contributed by atoms with Crippen molar-refractivity contribution < 1.29 is 32.6 Å². The maximum atomic E-state index is 13.2. The zero-order chi connectivity index (χ0) is 26.1. The van der Waals surface area contributed by atoms with Gasteiger partial charge in [-0.1, -0.05) is 40.2 Å². The van der Waals surface area contributed by atoms with Crippen LogP contribution in [0.25, 0.3) is 0 Å². The second-order valence-electron chi connectivity index (χ2n) is 9.10. The summed E-state index contributed by atoms with van der Waals surface area (Å²) in [4.78, 5) is 25.8. The third-order valence-corrected chi connectivity index (χ3v) is 6.52. The van der Waals surface area contributed by atoms with Crippen LogP contribution < -0.4 is 4.74 Å². The van der Waals surface area contributed by atoms with Crippen LogP contribution in [0.1, 0.15) is 39.5 Å². The maximum Gasteiger partial charge on any atom is 0.416 e. The average molecular weight is 562 g/mol. The quantitative estimate of drug-likeness (QED) is 0.376. The molecule has 1 amide bonds. The topological polar surface area (TPSA) is 66.8 Å². The largest absolute Gasteiger partial charge is 0.487 e. The first kappa shape index (κ1) is 25.8. The number of carboxylic acid groups (broad SMARTS) is 1. The lowest BCUT2D eigenvalue weighted by molar-refractivity contribution is -0.138. The first-order valence-electron chi connectivity index (χ1n) is 11.2. The molecule has 36 heavy (non-hydrogen) atoms. The van der Waals surface area contributed by atoms with Crippen molar-refractivity contribution in [3.05, 3.63) is 99.0 Å². The van der Waals surface area contributed by atoms with Gasteiger partial charge < -0.3 is 14.7 Å². The van der Waals surface area contributed by atoms with E-state index in [9.17, 15) is 27.9 Å². The molecule has 1 atom stereocenters. The Labute approximate surface area is 214 Å². The molecule has 188 valence electrons. The molecule has 9 heteroatoms. The van der Waals surface area contributed by atoms with Crippen molar-refractivity contribution >= 4 is 27.8 Å². The summed E-state index contributed by atoms with van der Waals surface area (Å²) in [5.74, 6) is -1.08. The molecule has 1 N–H and O–H groups in total. The molecule has 0 aromatic heterocycles. The highest BCUT2D eigenvalue weighted by Gasteiger charge is 2.36. The summed E-state index contributed by atoms with van der Waals surface area (Å²) >= 11 is 3.43. The number of ether oxygens (including phenoxy) is 1. The molecule has 0 radical (unpaired) electrons. The van der Waals surface area contributed by atoms with Crippen molar-refractivity contribution in [2.45, 2.75) is 38.1 Å². The SMILES string of the molecule is CC1(Cc2ccc(Br)cc2)Cc2cc(C(=O)N(CC(=O)O)Cc3ccc(C(F)(F)F)cc3)ccc2O1. The Bertz CT molecular complexity index is 1280. The average Bonchev–Trinajstić information content (AvgIpc) is 3.14. The van der Waals surface area contributed by atoms with Gasteiger partial charge in [-0.2, -0.15) is 13.2 Å². The Morgan fingerprint density at radius 2 is 1.67 bits per heavy atom. The standard InChI is InChI=1S/C27H23BrF3NO4/c1-26(13-17-4-9-22(28)10-5-17)14-20-12-19(6-11-23(20)36-26)25(35)32(16-24(33)34)15-18-2-7-21(8-3-18)27(29,30)31/h2-12H,13-16H2,1H3,(H,33,34). The molecule has 0 bridgehead atoms. The van der Waals surface area contributed by atoms with Crippen molar-refractivity contribution in [2.75, 3.05) is 6.54 Å². The third-order valence-electron chi connectivity index (χ3n) is 5.99. The highest BCUT2D eigenvalue weighted by Crippen LogP contribution is 2.38. The van der Waals surface area contributed by atoms with Gasteiger partial charge in [0.2, 0.25) is 0 Å². The normalized spacial score (nSPS) is 16.8. The molecule has 1 aliphatic heterocycles. The Hall–Kier alpha value is -3.33. The second kappa shape index (κ2) is 9.97. The number of benzene rings is 3. The number of carboxylic acids is 1. The molecule has 1 unspecified atom stereocenters. The number of halogens is 4. The number of carbonyl (C=O) groups excluding carboxylic acids is 1. The fourth-order valence-corrected chi connectivity index (χ4v) is 4.62. The van der Waals surface area contributed by atoms with Crippen molar-refractivity contribution in [3.63, 3.8) is 0 Å². The number of nitrogens with zero attached hydrogens (tertiary/aromatic N) is 1.